The number of carbonyl (C=O) groups excluding carboxylic acids is 1. The number of sulfone groups is 1. The van der Waals surface area contributed by atoms with E-state index in [0.717, 1.165) is 38.3 Å². The predicted octanol–water partition coefficient (Wildman–Crippen LogP) is 1.00. The van der Waals surface area contributed by atoms with Gasteiger partial charge in [0.15, 0.2) is 0 Å². The number of hydrogen-bond acceptors (Lipinski definition) is 6. The third-order valence-corrected chi connectivity index (χ3v) is 6.24. The van der Waals surface area contributed by atoms with Gasteiger partial charge in [-0.2, -0.15) is 0 Å². The van der Waals surface area contributed by atoms with Gasteiger partial charge in [0, 0.05) is 19.6 Å². The molecule has 1 heterocycles. The molecule has 8 heteroatoms. The number of nitrogens with zero attached hydrogens (tertiary/aromatic N) is 1. The summed E-state index contributed by atoms with van der Waals surface area (Å²) in [5, 5.41) is 3.32. The predicted molar refractivity (Wildman–Crippen MR) is 101 cm³/mol. The van der Waals surface area contributed by atoms with E-state index in [1.807, 2.05) is 0 Å². The van der Waals surface area contributed by atoms with Crippen molar-refractivity contribution in [1.29, 1.82) is 0 Å². The molecule has 0 radical (unpaired) electrons. The summed E-state index contributed by atoms with van der Waals surface area (Å²) in [6.45, 7) is 3.47. The molecule has 7 nitrogen and oxygen atoms in total. The van der Waals surface area contributed by atoms with Crippen LogP contribution >= 0.6 is 0 Å². The second-order valence-corrected chi connectivity index (χ2v) is 8.09. The van der Waals surface area contributed by atoms with Gasteiger partial charge < -0.3 is 21.7 Å². The van der Waals surface area contributed by atoms with Gasteiger partial charge in [-0.3, -0.25) is 4.79 Å². The van der Waals surface area contributed by atoms with Crippen molar-refractivity contribution in [3.63, 3.8) is 0 Å². The molecular weight excluding hydrogens is 352 g/mol. The molecule has 0 aromatic heterocycles. The first-order chi connectivity index (χ1) is 12.4. The summed E-state index contributed by atoms with van der Waals surface area (Å²) in [6.07, 6.45) is 0.992. The molecule has 0 saturated carbocycles. The molecule has 1 aliphatic rings. The summed E-state index contributed by atoms with van der Waals surface area (Å²) in [7, 11) is -3.90. The largest absolute Gasteiger partial charge is 0.397 e. The second kappa shape index (κ2) is 7.35. The molecule has 5 N–H and O–H groups in total. The maximum atomic E-state index is 13.0. The molecule has 0 atom stereocenters. The average molecular weight is 374 g/mol. The Balaban J connectivity index is 1.99. The number of nitrogens with one attached hydrogen (secondary N) is 1. The number of benzene rings is 2. The molecule has 2 aromatic rings. The molecule has 1 aliphatic heterocycles. The lowest BCUT2D eigenvalue weighted by atomic mass is 10.2. The van der Waals surface area contributed by atoms with E-state index in [-0.39, 0.29) is 15.4 Å². The topological polar surface area (TPSA) is 119 Å². The van der Waals surface area contributed by atoms with Crippen LogP contribution in [0.1, 0.15) is 16.8 Å². The third-order valence-electron chi connectivity index (χ3n) is 4.43. The summed E-state index contributed by atoms with van der Waals surface area (Å²) in [6, 6.07) is 10.6. The zero-order valence-electron chi connectivity index (χ0n) is 14.3. The Hall–Kier alpha value is -2.58. The van der Waals surface area contributed by atoms with E-state index in [4.69, 9.17) is 11.5 Å². The first-order valence-electron chi connectivity index (χ1n) is 8.40. The summed E-state index contributed by atoms with van der Waals surface area (Å²) in [4.78, 5) is 13.7. The van der Waals surface area contributed by atoms with Crippen LogP contribution in [-0.2, 0) is 9.84 Å². The second-order valence-electron chi connectivity index (χ2n) is 6.18. The van der Waals surface area contributed by atoms with Gasteiger partial charge in [0.25, 0.3) is 0 Å². The van der Waals surface area contributed by atoms with Crippen LogP contribution < -0.4 is 21.7 Å². The molecule has 0 unspecified atom stereocenters. The van der Waals surface area contributed by atoms with Gasteiger partial charge >= 0.3 is 0 Å². The van der Waals surface area contributed by atoms with Gasteiger partial charge in [0.1, 0.15) is 0 Å². The lowest BCUT2D eigenvalue weighted by Crippen LogP contribution is -2.28. The lowest BCUT2D eigenvalue weighted by Gasteiger charge is -2.24. The minimum atomic E-state index is -3.90. The molecule has 0 aliphatic carbocycles. The summed E-state index contributed by atoms with van der Waals surface area (Å²) >= 11 is 0. The average Bonchev–Trinajstić information content (AvgIpc) is 2.91. The van der Waals surface area contributed by atoms with Gasteiger partial charge in [-0.1, -0.05) is 12.1 Å². The standard InChI is InChI=1S/C18H22N4O3S/c19-15-12-13(6-7-16(15)22-10-3-8-21-9-11-22)26(24,25)17-5-2-1-4-14(17)18(20)23/h1-2,4-7,12,21H,3,8-11,19H2,(H2,20,23). The monoisotopic (exact) mass is 374 g/mol. The molecule has 26 heavy (non-hydrogen) atoms. The summed E-state index contributed by atoms with van der Waals surface area (Å²) in [5.74, 6) is -0.786. The molecule has 1 amide bonds. The van der Waals surface area contributed by atoms with E-state index < -0.39 is 15.7 Å². The van der Waals surface area contributed by atoms with Crippen LogP contribution in [0.25, 0.3) is 0 Å². The van der Waals surface area contributed by atoms with Crippen molar-refractivity contribution in [2.75, 3.05) is 36.8 Å². The Bertz CT molecular complexity index is 920. The van der Waals surface area contributed by atoms with E-state index in [2.05, 4.69) is 10.2 Å². The number of anilines is 2. The smallest absolute Gasteiger partial charge is 0.250 e. The Kier molecular flexibility index (Phi) is 5.15. The van der Waals surface area contributed by atoms with E-state index >= 15 is 0 Å². The lowest BCUT2D eigenvalue weighted by molar-refractivity contribution is 0.0997. The van der Waals surface area contributed by atoms with Crippen LogP contribution in [0.2, 0.25) is 0 Å². The number of hydrogen-bond donors (Lipinski definition) is 3. The van der Waals surface area contributed by atoms with Crippen LogP contribution in [0.15, 0.2) is 52.3 Å². The quantitative estimate of drug-likeness (QED) is 0.687. The van der Waals surface area contributed by atoms with Crippen molar-refractivity contribution in [3.8, 4) is 0 Å². The summed E-state index contributed by atoms with van der Waals surface area (Å²) in [5.41, 5.74) is 12.6. The third kappa shape index (κ3) is 3.51. The number of carbonyl (C=O) groups is 1. The van der Waals surface area contributed by atoms with Gasteiger partial charge in [0.2, 0.25) is 15.7 Å². The Morgan fingerprint density at radius 2 is 1.85 bits per heavy atom. The molecule has 3 rings (SSSR count). The fourth-order valence-corrected chi connectivity index (χ4v) is 4.61. The zero-order chi connectivity index (χ0) is 18.7. The fraction of sp³-hybridized carbons (Fsp3) is 0.278. The van der Waals surface area contributed by atoms with E-state index in [0.29, 0.717) is 5.69 Å². The highest BCUT2D eigenvalue weighted by Crippen LogP contribution is 2.30. The number of rotatable bonds is 4. The normalized spacial score (nSPS) is 15.5. The maximum Gasteiger partial charge on any atom is 0.250 e. The molecule has 138 valence electrons. The Labute approximate surface area is 152 Å². The minimum absolute atomic E-state index is 0.0336. The van der Waals surface area contributed by atoms with Gasteiger partial charge in [-0.15, -0.1) is 0 Å². The van der Waals surface area contributed by atoms with E-state index in [1.54, 1.807) is 18.2 Å². The van der Waals surface area contributed by atoms with Crippen molar-refractivity contribution < 1.29 is 13.2 Å². The van der Waals surface area contributed by atoms with Crippen molar-refractivity contribution >= 4 is 27.1 Å². The number of amides is 1. The van der Waals surface area contributed by atoms with Crippen LogP contribution in [0.4, 0.5) is 11.4 Å². The molecule has 0 bridgehead atoms. The number of nitrogen functional groups attached to an aromatic ring is 1. The number of primary amides is 1. The van der Waals surface area contributed by atoms with Crippen molar-refractivity contribution in [2.24, 2.45) is 5.73 Å². The van der Waals surface area contributed by atoms with Crippen LogP contribution in [0, 0.1) is 0 Å². The van der Waals surface area contributed by atoms with Crippen LogP contribution in [0.5, 0.6) is 0 Å². The van der Waals surface area contributed by atoms with Crippen molar-refractivity contribution in [2.45, 2.75) is 16.2 Å². The summed E-state index contributed by atoms with van der Waals surface area (Å²) < 4.78 is 25.9. The molecule has 1 saturated heterocycles. The minimum Gasteiger partial charge on any atom is -0.397 e. The van der Waals surface area contributed by atoms with Gasteiger partial charge in [-0.05, 0) is 43.3 Å². The zero-order valence-corrected chi connectivity index (χ0v) is 15.1. The molecule has 2 aromatic carbocycles. The highest BCUT2D eigenvalue weighted by molar-refractivity contribution is 7.91. The first kappa shape index (κ1) is 18.2. The first-order valence-corrected chi connectivity index (χ1v) is 9.88. The van der Waals surface area contributed by atoms with Gasteiger partial charge in [0.05, 0.1) is 26.7 Å². The van der Waals surface area contributed by atoms with E-state index in [1.165, 1.54) is 24.3 Å². The highest BCUT2D eigenvalue weighted by Gasteiger charge is 2.24. The van der Waals surface area contributed by atoms with Crippen LogP contribution in [0.3, 0.4) is 0 Å². The Morgan fingerprint density at radius 3 is 2.58 bits per heavy atom. The SMILES string of the molecule is NC(=O)c1ccccc1S(=O)(=O)c1ccc(N2CCCNCC2)c(N)c1. The molecule has 1 fully saturated rings. The van der Waals surface area contributed by atoms with Crippen LogP contribution in [-0.4, -0.2) is 40.5 Å². The fourth-order valence-electron chi connectivity index (χ4n) is 3.11. The number of nitrogens with two attached hydrogens (primary N) is 2. The maximum absolute atomic E-state index is 13.0. The van der Waals surface area contributed by atoms with E-state index in [9.17, 15) is 13.2 Å². The highest BCUT2D eigenvalue weighted by atomic mass is 32.2. The Morgan fingerprint density at radius 1 is 1.08 bits per heavy atom. The van der Waals surface area contributed by atoms with Crippen molar-refractivity contribution in [1.82, 2.24) is 5.32 Å². The van der Waals surface area contributed by atoms with Crippen molar-refractivity contribution in [3.05, 3.63) is 48.0 Å². The molecular formula is C18H22N4O3S. The molecule has 0 spiro atoms. The van der Waals surface area contributed by atoms with Gasteiger partial charge in [-0.25, -0.2) is 8.42 Å².